The highest BCUT2D eigenvalue weighted by atomic mass is 19.1. The number of hydrogen-bond acceptors (Lipinski definition) is 6. The maximum atomic E-state index is 14.9. The Morgan fingerprint density at radius 2 is 1.94 bits per heavy atom. The van der Waals surface area contributed by atoms with Crippen molar-refractivity contribution >= 4 is 0 Å². The largest absolute Gasteiger partial charge is 0.507 e. The summed E-state index contributed by atoms with van der Waals surface area (Å²) in [6.07, 6.45) is 0.682. The van der Waals surface area contributed by atoms with Gasteiger partial charge in [0, 0.05) is 42.9 Å². The number of alkyl halides is 1. The van der Waals surface area contributed by atoms with Crippen LogP contribution in [0.25, 0.3) is 22.4 Å². The van der Waals surface area contributed by atoms with Gasteiger partial charge in [0.25, 0.3) is 5.56 Å². The number of phenols is 1. The Morgan fingerprint density at radius 1 is 1.16 bits per heavy atom. The molecule has 0 amide bonds. The Morgan fingerprint density at radius 3 is 2.56 bits per heavy atom. The van der Waals surface area contributed by atoms with Crippen molar-refractivity contribution in [3.05, 3.63) is 59.0 Å². The highest BCUT2D eigenvalue weighted by molar-refractivity contribution is 5.74. The van der Waals surface area contributed by atoms with E-state index in [1.165, 1.54) is 10.6 Å². The zero-order valence-corrected chi connectivity index (χ0v) is 18.2. The Kier molecular flexibility index (Phi) is 4.60. The number of nitrogens with one attached hydrogen (secondary N) is 1. The molecule has 1 saturated heterocycles. The molecule has 1 aromatic carbocycles. The number of aromatic nitrogens is 3. The van der Waals surface area contributed by atoms with Crippen molar-refractivity contribution in [2.24, 2.45) is 12.5 Å². The molecule has 0 spiro atoms. The molecular weight excluding hydrogens is 411 g/mol. The number of halogens is 1. The highest BCUT2D eigenvalue weighted by Gasteiger charge is 2.64. The quantitative estimate of drug-likeness (QED) is 0.654. The van der Waals surface area contributed by atoms with Gasteiger partial charge < -0.3 is 19.7 Å². The number of hydrogen-bond donors (Lipinski definition) is 2. The van der Waals surface area contributed by atoms with Crippen molar-refractivity contribution in [2.75, 3.05) is 6.54 Å². The van der Waals surface area contributed by atoms with Gasteiger partial charge in [-0.15, -0.1) is 10.2 Å². The van der Waals surface area contributed by atoms with Crippen molar-refractivity contribution in [3.63, 3.8) is 0 Å². The minimum Gasteiger partial charge on any atom is -0.507 e. The summed E-state index contributed by atoms with van der Waals surface area (Å²) in [6, 6.07) is 11.8. The lowest BCUT2D eigenvalue weighted by atomic mass is 9.87. The van der Waals surface area contributed by atoms with Gasteiger partial charge in [-0.25, -0.2) is 4.39 Å². The summed E-state index contributed by atoms with van der Waals surface area (Å²) in [5.74, 6) is 0.282. The molecule has 1 saturated carbocycles. The summed E-state index contributed by atoms with van der Waals surface area (Å²) < 4.78 is 22.3. The molecule has 32 heavy (non-hydrogen) atoms. The third kappa shape index (κ3) is 3.26. The molecule has 0 radical (unpaired) electrons. The van der Waals surface area contributed by atoms with E-state index in [0.29, 0.717) is 29.8 Å². The Balaban J connectivity index is 1.36. The number of piperidine rings is 1. The minimum atomic E-state index is -1.13. The molecule has 5 rings (SSSR count). The molecule has 1 aliphatic carbocycles. The number of aromatic hydroxyl groups is 1. The second kappa shape index (κ2) is 7.13. The Bertz CT molecular complexity index is 1240. The molecular formula is C24H25FN4O3. The standard InChI is InChI=1S/C24H25FN4O3/c1-23-12-24(2,26-13-23)21(25)22(23)32-19-7-6-17(27-28-19)16-5-4-14(10-18(16)30)15-8-9-29(3)20(31)11-15/h4-11,21-22,26,30H,12-13H2,1-3H3/t21-,22-,23+,24+/m0/s1. The fraction of sp³-hybridized carbons (Fsp3) is 0.375. The molecule has 2 bridgehead atoms. The van der Waals surface area contributed by atoms with Gasteiger partial charge in [0.15, 0.2) is 6.17 Å². The second-order valence-electron chi connectivity index (χ2n) is 9.40. The third-order valence-electron chi connectivity index (χ3n) is 6.83. The average Bonchev–Trinajstić information content (AvgIpc) is 3.19. The van der Waals surface area contributed by atoms with Crippen LogP contribution in [-0.2, 0) is 7.05 Å². The highest BCUT2D eigenvalue weighted by Crippen LogP contribution is 2.51. The second-order valence-corrected chi connectivity index (χ2v) is 9.40. The molecule has 166 valence electrons. The number of ether oxygens (including phenoxy) is 1. The van der Waals surface area contributed by atoms with Gasteiger partial charge >= 0.3 is 0 Å². The maximum Gasteiger partial charge on any atom is 0.250 e. The van der Waals surface area contributed by atoms with Crippen LogP contribution in [0.2, 0.25) is 0 Å². The lowest BCUT2D eigenvalue weighted by molar-refractivity contribution is 0.00666. The first-order valence-corrected chi connectivity index (χ1v) is 10.6. The molecule has 8 heteroatoms. The van der Waals surface area contributed by atoms with E-state index in [1.54, 1.807) is 37.5 Å². The van der Waals surface area contributed by atoms with E-state index in [-0.39, 0.29) is 22.6 Å². The summed E-state index contributed by atoms with van der Waals surface area (Å²) in [4.78, 5) is 11.9. The molecule has 1 aliphatic heterocycles. The smallest absolute Gasteiger partial charge is 0.250 e. The van der Waals surface area contributed by atoms with Crippen LogP contribution in [0.3, 0.4) is 0 Å². The van der Waals surface area contributed by atoms with Gasteiger partial charge in [0.1, 0.15) is 11.9 Å². The molecule has 3 heterocycles. The first-order valence-electron chi connectivity index (χ1n) is 10.6. The monoisotopic (exact) mass is 436 g/mol. The lowest BCUT2D eigenvalue weighted by Gasteiger charge is -2.35. The summed E-state index contributed by atoms with van der Waals surface area (Å²) in [7, 11) is 1.68. The van der Waals surface area contributed by atoms with Crippen LogP contribution < -0.4 is 15.6 Å². The van der Waals surface area contributed by atoms with Gasteiger partial charge in [-0.2, -0.15) is 0 Å². The van der Waals surface area contributed by atoms with E-state index >= 15 is 0 Å². The minimum absolute atomic E-state index is 0.0228. The van der Waals surface area contributed by atoms with Gasteiger partial charge in [-0.1, -0.05) is 13.0 Å². The zero-order valence-electron chi connectivity index (χ0n) is 18.2. The van der Waals surface area contributed by atoms with Crippen LogP contribution in [0.5, 0.6) is 11.6 Å². The van der Waals surface area contributed by atoms with Crippen LogP contribution in [-0.4, -0.2) is 44.2 Å². The number of aryl methyl sites for hydroxylation is 1. The zero-order chi connectivity index (χ0) is 22.7. The number of benzene rings is 1. The van der Waals surface area contributed by atoms with E-state index in [9.17, 15) is 14.3 Å². The maximum absolute atomic E-state index is 14.9. The van der Waals surface area contributed by atoms with Crippen LogP contribution in [0.15, 0.2) is 53.5 Å². The molecule has 2 N–H and O–H groups in total. The first kappa shape index (κ1) is 20.6. The van der Waals surface area contributed by atoms with Crippen molar-refractivity contribution in [2.45, 2.75) is 38.1 Å². The predicted molar refractivity (Wildman–Crippen MR) is 118 cm³/mol. The molecule has 2 fully saturated rings. The fourth-order valence-electron chi connectivity index (χ4n) is 4.97. The van der Waals surface area contributed by atoms with Gasteiger partial charge in [-0.3, -0.25) is 4.79 Å². The Hall–Kier alpha value is -3.26. The number of nitrogens with zero attached hydrogens (tertiary/aromatic N) is 3. The normalized spacial score (nSPS) is 28.8. The fourth-order valence-corrected chi connectivity index (χ4v) is 4.97. The number of pyridine rings is 1. The van der Waals surface area contributed by atoms with Crippen LogP contribution in [0.1, 0.15) is 20.3 Å². The van der Waals surface area contributed by atoms with Crippen molar-refractivity contribution < 1.29 is 14.2 Å². The molecule has 3 aromatic rings. The summed E-state index contributed by atoms with van der Waals surface area (Å²) in [5, 5.41) is 22.1. The van der Waals surface area contributed by atoms with Crippen LogP contribution in [0.4, 0.5) is 4.39 Å². The van der Waals surface area contributed by atoms with Gasteiger partial charge in [0.05, 0.1) is 11.2 Å². The summed E-state index contributed by atoms with van der Waals surface area (Å²) >= 11 is 0. The summed E-state index contributed by atoms with van der Waals surface area (Å²) in [6.45, 7) is 4.62. The molecule has 7 nitrogen and oxygen atoms in total. The number of fused-ring (bicyclic) bond motifs is 2. The van der Waals surface area contributed by atoms with Crippen molar-refractivity contribution in [3.8, 4) is 34.0 Å². The van der Waals surface area contributed by atoms with Crippen molar-refractivity contribution in [1.29, 1.82) is 0 Å². The molecule has 2 aromatic heterocycles. The molecule has 2 aliphatic rings. The van der Waals surface area contributed by atoms with Crippen LogP contribution >= 0.6 is 0 Å². The van der Waals surface area contributed by atoms with Crippen molar-refractivity contribution in [1.82, 2.24) is 20.1 Å². The van der Waals surface area contributed by atoms with E-state index in [0.717, 1.165) is 5.56 Å². The molecule has 4 atom stereocenters. The number of phenolic OH excluding ortho intramolecular Hbond substituents is 1. The van der Waals surface area contributed by atoms with Gasteiger partial charge in [-0.05, 0) is 48.7 Å². The van der Waals surface area contributed by atoms with E-state index in [4.69, 9.17) is 4.74 Å². The number of rotatable bonds is 4. The average molecular weight is 436 g/mol. The van der Waals surface area contributed by atoms with E-state index < -0.39 is 17.8 Å². The first-order chi connectivity index (χ1) is 15.2. The van der Waals surface area contributed by atoms with E-state index in [2.05, 4.69) is 15.5 Å². The predicted octanol–water partition coefficient (Wildman–Crippen LogP) is 3.07. The summed E-state index contributed by atoms with van der Waals surface area (Å²) in [5.41, 5.74) is 1.42. The SMILES string of the molecule is Cn1ccc(-c2ccc(-c3ccc(O[C@H]4[C@H](F)[C@@]5(C)C[C@]4(C)CN5)nn3)c(O)c2)cc1=O. The Labute approximate surface area is 184 Å². The topological polar surface area (TPSA) is 89.3 Å². The third-order valence-corrected chi connectivity index (χ3v) is 6.83. The molecule has 0 unspecified atom stereocenters. The van der Waals surface area contributed by atoms with Gasteiger partial charge in [0.2, 0.25) is 5.88 Å². The van der Waals surface area contributed by atoms with Crippen LogP contribution in [0, 0.1) is 5.41 Å². The van der Waals surface area contributed by atoms with E-state index in [1.807, 2.05) is 26.0 Å². The lowest BCUT2D eigenvalue weighted by Crippen LogP contribution is -2.55.